The lowest BCUT2D eigenvalue weighted by molar-refractivity contribution is -0.134. The molecule has 5 N–H and O–H groups in total. The molecule has 0 spiro atoms. The van der Waals surface area contributed by atoms with Crippen LogP contribution >= 0.6 is 0 Å². The van der Waals surface area contributed by atoms with Crippen LogP contribution in [0.5, 0.6) is 0 Å². The molecule has 124 valence electrons. The van der Waals surface area contributed by atoms with Crippen LogP contribution in [0.2, 0.25) is 0 Å². The van der Waals surface area contributed by atoms with Gasteiger partial charge in [-0.15, -0.1) is 0 Å². The summed E-state index contributed by atoms with van der Waals surface area (Å²) in [5, 5.41) is 13.3. The van der Waals surface area contributed by atoms with E-state index in [4.69, 9.17) is 10.8 Å². The Labute approximate surface area is 130 Å². The Morgan fingerprint density at radius 2 is 1.73 bits per heavy atom. The third-order valence-corrected chi connectivity index (χ3v) is 2.87. The van der Waals surface area contributed by atoms with Gasteiger partial charge in [0.15, 0.2) is 0 Å². The van der Waals surface area contributed by atoms with Crippen LogP contribution in [0, 0.1) is 0 Å². The van der Waals surface area contributed by atoms with Crippen LogP contribution in [0.3, 0.4) is 0 Å². The highest BCUT2D eigenvalue weighted by molar-refractivity contribution is 5.71. The van der Waals surface area contributed by atoms with Gasteiger partial charge in [-0.25, -0.2) is 5.01 Å². The number of nitrogens with zero attached hydrogens (tertiary/aromatic N) is 4. The van der Waals surface area contributed by atoms with Gasteiger partial charge in [0.25, 0.3) is 0 Å². The molecule has 0 unspecified atom stereocenters. The quantitative estimate of drug-likeness (QED) is 0.445. The molecule has 0 atom stereocenters. The van der Waals surface area contributed by atoms with Crippen LogP contribution in [0.25, 0.3) is 0 Å². The molecule has 9 nitrogen and oxygen atoms in total. The topological polar surface area (TPSA) is 129 Å². The Morgan fingerprint density at radius 1 is 1.14 bits per heavy atom. The zero-order valence-electron chi connectivity index (χ0n) is 13.2. The van der Waals surface area contributed by atoms with E-state index in [9.17, 15) is 4.79 Å². The van der Waals surface area contributed by atoms with Gasteiger partial charge in [-0.1, -0.05) is 26.7 Å². The molecule has 0 bridgehead atoms. The molecule has 0 aromatic carbocycles. The van der Waals surface area contributed by atoms with Crippen molar-refractivity contribution < 1.29 is 9.90 Å². The van der Waals surface area contributed by atoms with E-state index in [1.165, 1.54) is 0 Å². The summed E-state index contributed by atoms with van der Waals surface area (Å²) in [7, 11) is 0. The number of carboxylic acids is 1. The number of hydrogen-bond acceptors (Lipinski definition) is 8. The Hall–Kier alpha value is -2.16. The zero-order chi connectivity index (χ0) is 16.4. The smallest absolute Gasteiger partial charge is 0.322 e. The summed E-state index contributed by atoms with van der Waals surface area (Å²) in [6.45, 7) is 5.73. The van der Waals surface area contributed by atoms with E-state index in [-0.39, 0.29) is 18.4 Å². The fourth-order valence-electron chi connectivity index (χ4n) is 1.74. The van der Waals surface area contributed by atoms with Crippen molar-refractivity contribution in [3.05, 3.63) is 0 Å². The van der Waals surface area contributed by atoms with Crippen molar-refractivity contribution in [3.8, 4) is 0 Å². The van der Waals surface area contributed by atoms with E-state index in [0.717, 1.165) is 38.8 Å². The maximum Gasteiger partial charge on any atom is 0.322 e. The highest BCUT2D eigenvalue weighted by Crippen LogP contribution is 2.09. The molecular formula is C13H25N7O2. The number of nitrogen functional groups attached to an aromatic ring is 1. The van der Waals surface area contributed by atoms with Crippen LogP contribution < -0.4 is 16.5 Å². The van der Waals surface area contributed by atoms with E-state index in [0.29, 0.717) is 5.95 Å². The van der Waals surface area contributed by atoms with Crippen molar-refractivity contribution >= 4 is 23.8 Å². The number of rotatable bonds is 11. The molecule has 0 radical (unpaired) electrons. The van der Waals surface area contributed by atoms with E-state index >= 15 is 0 Å². The van der Waals surface area contributed by atoms with Crippen LogP contribution in [0.15, 0.2) is 0 Å². The largest absolute Gasteiger partial charge is 0.480 e. The summed E-state index contributed by atoms with van der Waals surface area (Å²) in [6, 6.07) is 0. The van der Waals surface area contributed by atoms with Gasteiger partial charge >= 0.3 is 5.97 Å². The monoisotopic (exact) mass is 311 g/mol. The first-order valence-electron chi connectivity index (χ1n) is 7.54. The van der Waals surface area contributed by atoms with Gasteiger partial charge in [-0.3, -0.25) is 10.2 Å². The fourth-order valence-corrected chi connectivity index (χ4v) is 1.74. The summed E-state index contributed by atoms with van der Waals surface area (Å²) in [5.74, 6) is -0.506. The van der Waals surface area contributed by atoms with Gasteiger partial charge in [-0.2, -0.15) is 15.0 Å². The molecule has 9 heteroatoms. The maximum atomic E-state index is 10.6. The maximum absolute atomic E-state index is 10.6. The number of hydrazine groups is 1. The molecule has 1 aromatic heterocycles. The molecule has 1 aromatic rings. The van der Waals surface area contributed by atoms with Crippen molar-refractivity contribution in [1.82, 2.24) is 20.0 Å². The Morgan fingerprint density at radius 3 is 2.27 bits per heavy atom. The Balaban J connectivity index is 2.72. The summed E-state index contributed by atoms with van der Waals surface area (Å²) in [4.78, 5) is 22.6. The van der Waals surface area contributed by atoms with E-state index in [2.05, 4.69) is 39.5 Å². The molecule has 0 saturated carbocycles. The number of nitrogens with one attached hydrogen (secondary N) is 2. The van der Waals surface area contributed by atoms with Gasteiger partial charge < -0.3 is 16.2 Å². The van der Waals surface area contributed by atoms with Gasteiger partial charge in [0.2, 0.25) is 17.8 Å². The number of unbranched alkanes of at least 4 members (excludes halogenated alkanes) is 2. The lowest BCUT2D eigenvalue weighted by atomic mass is 10.3. The third kappa shape index (κ3) is 7.02. The normalized spacial score (nSPS) is 10.7. The fraction of sp³-hybridized carbons (Fsp3) is 0.692. The van der Waals surface area contributed by atoms with E-state index < -0.39 is 5.97 Å². The predicted molar refractivity (Wildman–Crippen MR) is 85.4 cm³/mol. The predicted octanol–water partition coefficient (Wildman–Crippen LogP) is 1.18. The highest BCUT2D eigenvalue weighted by atomic mass is 16.4. The molecule has 0 amide bonds. The minimum atomic E-state index is -0.999. The molecule has 22 heavy (non-hydrogen) atoms. The van der Waals surface area contributed by atoms with Crippen LogP contribution in [0.1, 0.15) is 39.5 Å². The lowest BCUT2D eigenvalue weighted by Gasteiger charge is -2.22. The number of aliphatic carboxylic acids is 1. The molecule has 0 saturated heterocycles. The van der Waals surface area contributed by atoms with Gasteiger partial charge in [0.05, 0.1) is 0 Å². The molecule has 1 rings (SSSR count). The highest BCUT2D eigenvalue weighted by Gasteiger charge is 2.09. The second kappa shape index (κ2) is 9.72. The first-order valence-corrected chi connectivity index (χ1v) is 7.54. The summed E-state index contributed by atoms with van der Waals surface area (Å²) >= 11 is 0. The molecule has 0 aliphatic rings. The van der Waals surface area contributed by atoms with Crippen LogP contribution in [-0.2, 0) is 4.79 Å². The molecule has 0 fully saturated rings. The minimum Gasteiger partial charge on any atom is -0.480 e. The summed E-state index contributed by atoms with van der Waals surface area (Å²) in [5.41, 5.74) is 8.75. The second-order valence-electron chi connectivity index (χ2n) is 4.89. The second-order valence-corrected chi connectivity index (χ2v) is 4.89. The van der Waals surface area contributed by atoms with Crippen molar-refractivity contribution in [2.24, 2.45) is 0 Å². The van der Waals surface area contributed by atoms with Gasteiger partial charge in [0.1, 0.15) is 6.54 Å². The summed E-state index contributed by atoms with van der Waals surface area (Å²) in [6.07, 6.45) is 4.30. The van der Waals surface area contributed by atoms with Crippen molar-refractivity contribution in [1.29, 1.82) is 0 Å². The van der Waals surface area contributed by atoms with E-state index in [1.54, 1.807) is 0 Å². The molecule has 0 aliphatic heterocycles. The lowest BCUT2D eigenvalue weighted by Crippen LogP contribution is -2.33. The Kier molecular flexibility index (Phi) is 7.90. The Bertz CT molecular complexity index is 462. The third-order valence-electron chi connectivity index (χ3n) is 2.87. The average Bonchev–Trinajstić information content (AvgIpc) is 2.47. The number of anilines is 3. The first kappa shape index (κ1) is 17.9. The van der Waals surface area contributed by atoms with E-state index in [1.807, 2.05) is 5.01 Å². The minimum absolute atomic E-state index is 0.0383. The van der Waals surface area contributed by atoms with Crippen LogP contribution in [-0.4, -0.2) is 50.7 Å². The van der Waals surface area contributed by atoms with Crippen molar-refractivity contribution in [2.45, 2.75) is 39.5 Å². The van der Waals surface area contributed by atoms with Gasteiger partial charge in [0, 0.05) is 13.1 Å². The van der Waals surface area contributed by atoms with Crippen molar-refractivity contribution in [2.75, 3.05) is 36.1 Å². The average molecular weight is 311 g/mol. The summed E-state index contributed by atoms with van der Waals surface area (Å²) < 4.78 is 0. The first-order chi connectivity index (χ1) is 10.5. The van der Waals surface area contributed by atoms with Crippen molar-refractivity contribution in [3.63, 3.8) is 0 Å². The number of nitrogens with two attached hydrogens (primary N) is 1. The number of carboxylic acid groups (broad SMARTS) is 1. The zero-order valence-corrected chi connectivity index (χ0v) is 13.2. The number of aromatic nitrogens is 3. The molecule has 0 aliphatic carbocycles. The standard InChI is InChI=1S/C13H25N7O2/c1-3-5-7-20(8-6-4-2)19-13-17-11(14)16-12(18-13)15-9-10(21)22/h3-9H2,1-2H3,(H,21,22)(H4,14,15,16,17,18,19). The molecule has 1 heterocycles. The van der Waals surface area contributed by atoms with Crippen LogP contribution in [0.4, 0.5) is 17.8 Å². The number of hydrogen-bond donors (Lipinski definition) is 4. The SMILES string of the molecule is CCCCN(CCCC)Nc1nc(N)nc(NCC(=O)O)n1. The van der Waals surface area contributed by atoms with Gasteiger partial charge in [-0.05, 0) is 12.8 Å². The number of carbonyl (C=O) groups is 1. The molecular weight excluding hydrogens is 286 g/mol.